The van der Waals surface area contributed by atoms with Crippen LogP contribution in [0.1, 0.15) is 19.3 Å². The van der Waals surface area contributed by atoms with Crippen molar-refractivity contribution < 1.29 is 14.5 Å². The van der Waals surface area contributed by atoms with Gasteiger partial charge >= 0.3 is 0 Å². The Hall–Kier alpha value is -1.67. The molecule has 0 saturated carbocycles. The number of ether oxygens (including phenoxy) is 1. The molecule has 1 aliphatic heterocycles. The van der Waals surface area contributed by atoms with E-state index in [2.05, 4.69) is 21.2 Å². The molecule has 0 spiro atoms. The van der Waals surface area contributed by atoms with Crippen molar-refractivity contribution in [2.45, 2.75) is 25.3 Å². The fourth-order valence-corrected chi connectivity index (χ4v) is 2.97. The molecule has 0 unspecified atom stereocenters. The monoisotopic (exact) mass is 385 g/mol. The molecule has 126 valence electrons. The molecule has 1 fully saturated rings. The van der Waals surface area contributed by atoms with Gasteiger partial charge in [-0.3, -0.25) is 14.9 Å². The lowest BCUT2D eigenvalue weighted by atomic mass is 10.0. The van der Waals surface area contributed by atoms with Gasteiger partial charge in [0, 0.05) is 36.8 Å². The Morgan fingerprint density at radius 1 is 1.48 bits per heavy atom. The van der Waals surface area contributed by atoms with Crippen LogP contribution >= 0.6 is 15.9 Å². The molecule has 0 aliphatic carbocycles. The van der Waals surface area contributed by atoms with Crippen molar-refractivity contribution in [3.05, 3.63) is 32.8 Å². The van der Waals surface area contributed by atoms with Gasteiger partial charge in [0.05, 0.1) is 18.0 Å². The Kier molecular flexibility index (Phi) is 6.35. The van der Waals surface area contributed by atoms with Crippen LogP contribution in [0.3, 0.4) is 0 Å². The number of nitro groups is 1. The average Bonchev–Trinajstić information content (AvgIpc) is 2.54. The van der Waals surface area contributed by atoms with E-state index in [1.807, 2.05) is 4.90 Å². The number of rotatable bonds is 6. The summed E-state index contributed by atoms with van der Waals surface area (Å²) in [4.78, 5) is 24.5. The maximum absolute atomic E-state index is 11.9. The number of hydrogen-bond donors (Lipinski definition) is 1. The van der Waals surface area contributed by atoms with Gasteiger partial charge in [-0.15, -0.1) is 0 Å². The van der Waals surface area contributed by atoms with E-state index in [-0.39, 0.29) is 17.6 Å². The lowest BCUT2D eigenvalue weighted by molar-refractivity contribution is -0.384. The Labute approximate surface area is 143 Å². The van der Waals surface area contributed by atoms with Gasteiger partial charge in [0.25, 0.3) is 5.69 Å². The number of piperidine rings is 1. The van der Waals surface area contributed by atoms with E-state index in [0.29, 0.717) is 36.3 Å². The topological polar surface area (TPSA) is 84.7 Å². The van der Waals surface area contributed by atoms with Crippen molar-refractivity contribution in [1.82, 2.24) is 4.90 Å². The molecule has 0 bridgehead atoms. The van der Waals surface area contributed by atoms with E-state index in [1.54, 1.807) is 19.2 Å². The first kappa shape index (κ1) is 17.7. The molecule has 0 atom stereocenters. The second-order valence-electron chi connectivity index (χ2n) is 5.46. The molecule has 1 heterocycles. The summed E-state index contributed by atoms with van der Waals surface area (Å²) in [7, 11) is 1.58. The zero-order valence-electron chi connectivity index (χ0n) is 13.0. The lowest BCUT2D eigenvalue weighted by Gasteiger charge is -2.32. The zero-order valence-corrected chi connectivity index (χ0v) is 14.5. The van der Waals surface area contributed by atoms with E-state index < -0.39 is 4.92 Å². The second-order valence-corrected chi connectivity index (χ2v) is 6.38. The SMILES string of the molecule is COCCC(=O)N1CCC(Nc2ccc(Br)cc2[N+](=O)[O-])CC1. The summed E-state index contributed by atoms with van der Waals surface area (Å²) in [6, 6.07) is 5.10. The van der Waals surface area contributed by atoms with Crippen molar-refractivity contribution >= 4 is 33.2 Å². The summed E-state index contributed by atoms with van der Waals surface area (Å²) in [5.41, 5.74) is 0.570. The quantitative estimate of drug-likeness (QED) is 0.600. The van der Waals surface area contributed by atoms with Crippen molar-refractivity contribution in [2.75, 3.05) is 32.1 Å². The Morgan fingerprint density at radius 2 is 2.17 bits per heavy atom. The minimum atomic E-state index is -0.392. The first-order valence-electron chi connectivity index (χ1n) is 7.48. The minimum Gasteiger partial charge on any atom is -0.384 e. The highest BCUT2D eigenvalue weighted by atomic mass is 79.9. The van der Waals surface area contributed by atoms with E-state index >= 15 is 0 Å². The van der Waals surface area contributed by atoms with Crippen LogP contribution in [0, 0.1) is 10.1 Å². The van der Waals surface area contributed by atoms with Gasteiger partial charge in [0.2, 0.25) is 5.91 Å². The molecule has 1 aromatic carbocycles. The van der Waals surface area contributed by atoms with Crippen LogP contribution in [0.15, 0.2) is 22.7 Å². The van der Waals surface area contributed by atoms with E-state index in [4.69, 9.17) is 4.74 Å². The smallest absolute Gasteiger partial charge is 0.293 e. The molecule has 23 heavy (non-hydrogen) atoms. The summed E-state index contributed by atoms with van der Waals surface area (Å²) in [6.07, 6.45) is 1.94. The number of nitro benzene ring substituents is 1. The summed E-state index contributed by atoms with van der Waals surface area (Å²) in [5.74, 6) is 0.0972. The molecular weight excluding hydrogens is 366 g/mol. The van der Waals surface area contributed by atoms with Gasteiger partial charge < -0.3 is 15.0 Å². The Bertz CT molecular complexity index is 574. The summed E-state index contributed by atoms with van der Waals surface area (Å²) in [6.45, 7) is 1.75. The highest BCUT2D eigenvalue weighted by Gasteiger charge is 2.24. The Morgan fingerprint density at radius 3 is 2.78 bits per heavy atom. The number of amides is 1. The summed E-state index contributed by atoms with van der Waals surface area (Å²) in [5, 5.41) is 14.4. The number of likely N-dealkylation sites (tertiary alicyclic amines) is 1. The van der Waals surface area contributed by atoms with Crippen LogP contribution < -0.4 is 5.32 Å². The van der Waals surface area contributed by atoms with Crippen LogP contribution in [-0.4, -0.2) is 48.6 Å². The molecule has 1 aromatic rings. The standard InChI is InChI=1S/C15H20BrN3O4/c1-23-9-6-15(20)18-7-4-12(5-8-18)17-13-3-2-11(16)10-14(13)19(21)22/h2-3,10,12,17H,4-9H2,1H3. The van der Waals surface area contributed by atoms with E-state index in [1.165, 1.54) is 6.07 Å². The van der Waals surface area contributed by atoms with Crippen LogP contribution in [0.5, 0.6) is 0 Å². The summed E-state index contributed by atoms with van der Waals surface area (Å²) >= 11 is 3.25. The zero-order chi connectivity index (χ0) is 16.8. The Balaban J connectivity index is 1.92. The van der Waals surface area contributed by atoms with Crippen molar-refractivity contribution in [3.8, 4) is 0 Å². The van der Waals surface area contributed by atoms with Crippen LogP contribution in [0.25, 0.3) is 0 Å². The number of anilines is 1. The molecule has 1 amide bonds. The van der Waals surface area contributed by atoms with Gasteiger partial charge in [-0.1, -0.05) is 15.9 Å². The van der Waals surface area contributed by atoms with Gasteiger partial charge in [-0.05, 0) is 25.0 Å². The van der Waals surface area contributed by atoms with Crippen LogP contribution in [0.4, 0.5) is 11.4 Å². The van der Waals surface area contributed by atoms with Crippen LogP contribution in [-0.2, 0) is 9.53 Å². The third-order valence-electron chi connectivity index (χ3n) is 3.88. The van der Waals surface area contributed by atoms with Crippen molar-refractivity contribution in [1.29, 1.82) is 0 Å². The minimum absolute atomic E-state index is 0.0537. The van der Waals surface area contributed by atoms with Crippen molar-refractivity contribution in [2.24, 2.45) is 0 Å². The molecule has 1 N–H and O–H groups in total. The number of carbonyl (C=O) groups is 1. The third kappa shape index (κ3) is 4.90. The first-order valence-corrected chi connectivity index (χ1v) is 8.27. The number of nitrogens with one attached hydrogen (secondary N) is 1. The van der Waals surface area contributed by atoms with E-state index in [9.17, 15) is 14.9 Å². The molecule has 8 heteroatoms. The number of methoxy groups -OCH3 is 1. The normalized spacial score (nSPS) is 15.5. The number of halogens is 1. The van der Waals surface area contributed by atoms with Gasteiger partial charge in [0.1, 0.15) is 5.69 Å². The van der Waals surface area contributed by atoms with Gasteiger partial charge in [0.15, 0.2) is 0 Å². The maximum Gasteiger partial charge on any atom is 0.293 e. The predicted octanol–water partition coefficient (Wildman–Crippen LogP) is 2.80. The highest BCUT2D eigenvalue weighted by molar-refractivity contribution is 9.10. The number of nitrogens with zero attached hydrogens (tertiary/aromatic N) is 2. The van der Waals surface area contributed by atoms with Crippen LogP contribution in [0.2, 0.25) is 0 Å². The lowest BCUT2D eigenvalue weighted by Crippen LogP contribution is -2.42. The fourth-order valence-electron chi connectivity index (χ4n) is 2.62. The predicted molar refractivity (Wildman–Crippen MR) is 90.5 cm³/mol. The number of hydrogen-bond acceptors (Lipinski definition) is 5. The van der Waals surface area contributed by atoms with Gasteiger partial charge in [-0.2, -0.15) is 0 Å². The fraction of sp³-hybridized carbons (Fsp3) is 0.533. The first-order chi connectivity index (χ1) is 11.0. The second kappa shape index (κ2) is 8.26. The molecule has 0 radical (unpaired) electrons. The number of carbonyl (C=O) groups excluding carboxylic acids is 1. The van der Waals surface area contributed by atoms with E-state index in [0.717, 1.165) is 12.8 Å². The van der Waals surface area contributed by atoms with Gasteiger partial charge in [-0.25, -0.2) is 0 Å². The van der Waals surface area contributed by atoms with Crippen molar-refractivity contribution in [3.63, 3.8) is 0 Å². The number of benzene rings is 1. The molecule has 0 aromatic heterocycles. The molecular formula is C15H20BrN3O4. The third-order valence-corrected chi connectivity index (χ3v) is 4.38. The highest BCUT2D eigenvalue weighted by Crippen LogP contribution is 2.29. The average molecular weight is 386 g/mol. The summed E-state index contributed by atoms with van der Waals surface area (Å²) < 4.78 is 5.60. The maximum atomic E-state index is 11.9. The largest absolute Gasteiger partial charge is 0.384 e. The molecule has 1 saturated heterocycles. The molecule has 7 nitrogen and oxygen atoms in total. The molecule has 2 rings (SSSR count). The molecule has 1 aliphatic rings.